The lowest BCUT2D eigenvalue weighted by Crippen LogP contribution is -2.64. The molecule has 0 radical (unpaired) electrons. The van der Waals surface area contributed by atoms with E-state index in [9.17, 15) is 19.2 Å². The van der Waals surface area contributed by atoms with Gasteiger partial charge in [-0.25, -0.2) is 4.79 Å². The number of hydrogen-bond donors (Lipinski definition) is 0. The molecule has 8 nitrogen and oxygen atoms in total. The highest BCUT2D eigenvalue weighted by Gasteiger charge is 2.66. The molecule has 29 heavy (non-hydrogen) atoms. The van der Waals surface area contributed by atoms with Gasteiger partial charge < -0.3 is 18.9 Å². The Morgan fingerprint density at radius 1 is 0.966 bits per heavy atom. The maximum Gasteiger partial charge on any atom is 0.334 e. The molecule has 0 spiro atoms. The van der Waals surface area contributed by atoms with Crippen LogP contribution in [0, 0.1) is 17.3 Å². The highest BCUT2D eigenvalue weighted by atomic mass is 16.6. The fourth-order valence-corrected chi connectivity index (χ4v) is 5.14. The van der Waals surface area contributed by atoms with Crippen LogP contribution in [0.2, 0.25) is 0 Å². The average Bonchev–Trinajstić information content (AvgIpc) is 2.86. The Bertz CT molecular complexity index is 799. The average molecular weight is 406 g/mol. The standard InChI is InChI=1S/C21H26O8/c1-9-14-7-16(27-12(4)23)21(6)17(28-13(5)24)8-15(26-11(3)22)10(2)18(21)19(14)29-20(9)25/h14-19H,1-2,7-8H2,3-6H3/t14?,15-,16-,17+,18-,19+,21+/m1/s1. The van der Waals surface area contributed by atoms with E-state index in [1.54, 1.807) is 0 Å². The van der Waals surface area contributed by atoms with Crippen LogP contribution in [0.3, 0.4) is 0 Å². The molecule has 1 heterocycles. The summed E-state index contributed by atoms with van der Waals surface area (Å²) in [7, 11) is 0. The van der Waals surface area contributed by atoms with Crippen molar-refractivity contribution in [1.29, 1.82) is 0 Å². The topological polar surface area (TPSA) is 105 Å². The summed E-state index contributed by atoms with van der Waals surface area (Å²) >= 11 is 0. The molecule has 0 aromatic heterocycles. The van der Waals surface area contributed by atoms with Crippen molar-refractivity contribution in [2.45, 2.75) is 65.0 Å². The first-order chi connectivity index (χ1) is 13.5. The molecule has 158 valence electrons. The molecule has 0 bridgehead atoms. The van der Waals surface area contributed by atoms with Crippen LogP contribution in [0.15, 0.2) is 24.3 Å². The first-order valence-electron chi connectivity index (χ1n) is 9.56. The third kappa shape index (κ3) is 3.45. The van der Waals surface area contributed by atoms with Gasteiger partial charge in [0.2, 0.25) is 0 Å². The number of carbonyl (C=O) groups is 4. The third-order valence-electron chi connectivity index (χ3n) is 6.37. The van der Waals surface area contributed by atoms with Crippen molar-refractivity contribution < 1.29 is 38.1 Å². The van der Waals surface area contributed by atoms with Crippen LogP contribution >= 0.6 is 0 Å². The molecule has 0 amide bonds. The Balaban J connectivity index is 2.11. The van der Waals surface area contributed by atoms with Gasteiger partial charge in [0.25, 0.3) is 0 Å². The molecule has 3 rings (SSSR count). The van der Waals surface area contributed by atoms with Crippen molar-refractivity contribution in [1.82, 2.24) is 0 Å². The first-order valence-corrected chi connectivity index (χ1v) is 9.56. The van der Waals surface area contributed by atoms with Gasteiger partial charge in [-0.05, 0) is 12.0 Å². The van der Waals surface area contributed by atoms with E-state index < -0.39 is 59.6 Å². The molecule has 1 aliphatic heterocycles. The molecule has 2 saturated carbocycles. The van der Waals surface area contributed by atoms with E-state index in [4.69, 9.17) is 18.9 Å². The third-order valence-corrected chi connectivity index (χ3v) is 6.37. The van der Waals surface area contributed by atoms with Crippen LogP contribution in [0.25, 0.3) is 0 Å². The van der Waals surface area contributed by atoms with Gasteiger partial charge in [0.1, 0.15) is 24.4 Å². The minimum Gasteiger partial charge on any atom is -0.462 e. The van der Waals surface area contributed by atoms with Gasteiger partial charge in [-0.2, -0.15) is 0 Å². The van der Waals surface area contributed by atoms with Crippen molar-refractivity contribution >= 4 is 23.9 Å². The van der Waals surface area contributed by atoms with E-state index in [-0.39, 0.29) is 12.3 Å². The van der Waals surface area contributed by atoms with Gasteiger partial charge in [-0.1, -0.05) is 20.1 Å². The van der Waals surface area contributed by atoms with Crippen LogP contribution in [0.4, 0.5) is 0 Å². The second kappa shape index (κ2) is 7.31. The van der Waals surface area contributed by atoms with Crippen LogP contribution < -0.4 is 0 Å². The molecule has 1 saturated heterocycles. The van der Waals surface area contributed by atoms with Gasteiger partial charge in [-0.3, -0.25) is 14.4 Å². The monoisotopic (exact) mass is 406 g/mol. The Labute approximate surface area is 169 Å². The number of fused-ring (bicyclic) bond motifs is 3. The minimum atomic E-state index is -0.920. The van der Waals surface area contributed by atoms with Gasteiger partial charge >= 0.3 is 23.9 Å². The van der Waals surface area contributed by atoms with E-state index in [1.165, 1.54) is 20.8 Å². The zero-order valence-corrected chi connectivity index (χ0v) is 17.1. The number of ether oxygens (including phenoxy) is 4. The Hall–Kier alpha value is -2.64. The molecule has 1 unspecified atom stereocenters. The summed E-state index contributed by atoms with van der Waals surface area (Å²) in [6.07, 6.45) is -2.26. The SMILES string of the molecule is C=C1C(=O)O[C@H]2C1C[C@@H](OC(C)=O)[C@@]1(C)[C@@H](OC(C)=O)C[C@@H](OC(C)=O)C(=C)[C@H]21. The number of carbonyl (C=O) groups excluding carboxylic acids is 4. The quantitative estimate of drug-likeness (QED) is 0.303. The summed E-state index contributed by atoms with van der Waals surface area (Å²) in [5, 5.41) is 0. The predicted octanol–water partition coefficient (Wildman–Crippen LogP) is 1.87. The molecule has 2 aliphatic carbocycles. The Kier molecular flexibility index (Phi) is 5.32. The second-order valence-electron chi connectivity index (χ2n) is 8.19. The number of esters is 4. The fourth-order valence-electron chi connectivity index (χ4n) is 5.14. The van der Waals surface area contributed by atoms with Crippen molar-refractivity contribution in [2.75, 3.05) is 0 Å². The second-order valence-corrected chi connectivity index (χ2v) is 8.19. The molecule has 0 aromatic rings. The van der Waals surface area contributed by atoms with E-state index >= 15 is 0 Å². The van der Waals surface area contributed by atoms with Gasteiger partial charge in [0, 0.05) is 44.6 Å². The normalized spacial score (nSPS) is 38.4. The largest absolute Gasteiger partial charge is 0.462 e. The Morgan fingerprint density at radius 3 is 2.00 bits per heavy atom. The minimum absolute atomic E-state index is 0.176. The molecule has 8 heteroatoms. The smallest absolute Gasteiger partial charge is 0.334 e. The number of hydrogen-bond acceptors (Lipinski definition) is 8. The van der Waals surface area contributed by atoms with Crippen LogP contribution in [0.1, 0.15) is 40.5 Å². The van der Waals surface area contributed by atoms with Crippen LogP contribution in [-0.2, 0) is 38.1 Å². The number of rotatable bonds is 3. The zero-order valence-electron chi connectivity index (χ0n) is 17.1. The maximum atomic E-state index is 12.2. The molecular weight excluding hydrogens is 380 g/mol. The fraction of sp³-hybridized carbons (Fsp3) is 0.619. The summed E-state index contributed by atoms with van der Waals surface area (Å²) in [6, 6.07) is 0. The molecule has 3 aliphatic rings. The summed E-state index contributed by atoms with van der Waals surface area (Å²) in [4.78, 5) is 47.6. The molecule has 7 atom stereocenters. The summed E-state index contributed by atoms with van der Waals surface area (Å²) in [5.74, 6) is -2.96. The van der Waals surface area contributed by atoms with E-state index in [0.717, 1.165) is 0 Å². The summed E-state index contributed by atoms with van der Waals surface area (Å²) < 4.78 is 22.3. The maximum absolute atomic E-state index is 12.2. The summed E-state index contributed by atoms with van der Waals surface area (Å²) in [6.45, 7) is 13.7. The molecule has 3 fully saturated rings. The lowest BCUT2D eigenvalue weighted by molar-refractivity contribution is -0.213. The molecule has 0 aromatic carbocycles. The van der Waals surface area contributed by atoms with Gasteiger partial charge in [0.05, 0.1) is 5.41 Å². The van der Waals surface area contributed by atoms with Crippen molar-refractivity contribution in [2.24, 2.45) is 17.3 Å². The van der Waals surface area contributed by atoms with Crippen molar-refractivity contribution in [3.8, 4) is 0 Å². The highest BCUT2D eigenvalue weighted by molar-refractivity contribution is 5.91. The molecular formula is C21H26O8. The van der Waals surface area contributed by atoms with Crippen LogP contribution in [0.5, 0.6) is 0 Å². The first kappa shape index (κ1) is 21.1. The Morgan fingerprint density at radius 2 is 1.48 bits per heavy atom. The lowest BCUT2D eigenvalue weighted by atomic mass is 9.52. The van der Waals surface area contributed by atoms with Crippen LogP contribution in [-0.4, -0.2) is 48.3 Å². The predicted molar refractivity (Wildman–Crippen MR) is 99.1 cm³/mol. The van der Waals surface area contributed by atoms with Gasteiger partial charge in [-0.15, -0.1) is 0 Å². The van der Waals surface area contributed by atoms with Crippen molar-refractivity contribution in [3.05, 3.63) is 24.3 Å². The summed E-state index contributed by atoms with van der Waals surface area (Å²) in [5.41, 5.74) is -0.0713. The molecule has 0 N–H and O–H groups in total. The van der Waals surface area contributed by atoms with Crippen molar-refractivity contribution in [3.63, 3.8) is 0 Å². The highest BCUT2D eigenvalue weighted by Crippen LogP contribution is 2.59. The zero-order chi connectivity index (χ0) is 21.7. The van der Waals surface area contributed by atoms with E-state index in [1.807, 2.05) is 6.92 Å². The van der Waals surface area contributed by atoms with E-state index in [2.05, 4.69) is 13.2 Å². The lowest BCUT2D eigenvalue weighted by Gasteiger charge is -2.57. The van der Waals surface area contributed by atoms with Gasteiger partial charge in [0.15, 0.2) is 0 Å². The van der Waals surface area contributed by atoms with E-state index in [0.29, 0.717) is 17.6 Å².